The molecule has 0 aliphatic heterocycles. The van der Waals surface area contributed by atoms with Crippen LogP contribution in [0.1, 0.15) is 18.0 Å². The first kappa shape index (κ1) is 22.6. The molecule has 0 fully saturated rings. The van der Waals surface area contributed by atoms with Crippen molar-refractivity contribution in [1.82, 2.24) is 10.3 Å². The number of benzene rings is 2. The zero-order chi connectivity index (χ0) is 23.1. The molecule has 3 rings (SSSR count). The molecule has 0 bridgehead atoms. The van der Waals surface area contributed by atoms with Crippen molar-refractivity contribution < 1.29 is 23.1 Å². The summed E-state index contributed by atoms with van der Waals surface area (Å²) in [6, 6.07) is 12.8. The molecule has 32 heavy (non-hydrogen) atoms. The van der Waals surface area contributed by atoms with E-state index in [1.807, 2.05) is 6.07 Å². The van der Waals surface area contributed by atoms with Gasteiger partial charge < -0.3 is 26.8 Å². The Bertz CT molecular complexity index is 1110. The third-order valence-corrected chi connectivity index (χ3v) is 4.37. The maximum Gasteiger partial charge on any atom is 0.233 e. The molecule has 3 aromatic rings. The lowest BCUT2D eigenvalue weighted by molar-refractivity contribution is -0.127. The van der Waals surface area contributed by atoms with Crippen molar-refractivity contribution in [1.29, 1.82) is 0 Å². The van der Waals surface area contributed by atoms with Gasteiger partial charge in [-0.15, -0.1) is 0 Å². The van der Waals surface area contributed by atoms with Gasteiger partial charge in [0.15, 0.2) is 17.4 Å². The number of anilines is 2. The topological polar surface area (TPSA) is 132 Å². The number of carbonyl (C=O) groups is 2. The van der Waals surface area contributed by atoms with E-state index in [1.54, 1.807) is 24.3 Å². The Hall–Kier alpha value is -4.05. The minimum Gasteiger partial charge on any atom is -0.454 e. The van der Waals surface area contributed by atoms with Gasteiger partial charge in [0, 0.05) is 30.9 Å². The molecule has 1 aromatic heterocycles. The van der Waals surface area contributed by atoms with Crippen LogP contribution in [0.15, 0.2) is 60.8 Å². The fraction of sp³-hybridized carbons (Fsp3) is 0.136. The van der Waals surface area contributed by atoms with Gasteiger partial charge in [-0.25, -0.2) is 13.8 Å². The Labute approximate surface area is 182 Å². The van der Waals surface area contributed by atoms with E-state index in [1.165, 1.54) is 18.3 Å². The second-order valence-corrected chi connectivity index (χ2v) is 6.77. The summed E-state index contributed by atoms with van der Waals surface area (Å²) >= 11 is 0. The second kappa shape index (κ2) is 10.3. The summed E-state index contributed by atoms with van der Waals surface area (Å²) < 4.78 is 34.0. The molecule has 1 heterocycles. The third-order valence-electron chi connectivity index (χ3n) is 4.37. The summed E-state index contributed by atoms with van der Waals surface area (Å²) in [4.78, 5) is 28.1. The minimum atomic E-state index is -0.943. The molecule has 2 amide bonds. The number of hydrogen-bond donors (Lipinski definition) is 4. The number of ether oxygens (including phenoxy) is 1. The van der Waals surface area contributed by atoms with Gasteiger partial charge in [-0.3, -0.25) is 9.59 Å². The standard InChI is InChI=1S/C22H21F2N5O3/c23-15-10-19(32-14-6-7-27-20(26)8-14)16(24)9-17(15)28-21(30)11-22(31)29-18(12-25)13-4-2-1-3-5-13/h1-10,18H,11-12,25H2,(H2,26,27)(H,28,30)(H,29,31). The first-order valence-electron chi connectivity index (χ1n) is 9.58. The molecule has 0 saturated carbocycles. The monoisotopic (exact) mass is 441 g/mol. The van der Waals surface area contributed by atoms with Crippen molar-refractivity contribution in [2.24, 2.45) is 5.73 Å². The number of hydrogen-bond acceptors (Lipinski definition) is 6. The molecule has 1 atom stereocenters. The number of nitrogen functional groups attached to an aromatic ring is 1. The normalized spacial score (nSPS) is 11.5. The third kappa shape index (κ3) is 5.99. The van der Waals surface area contributed by atoms with Crippen LogP contribution in [0.25, 0.3) is 0 Å². The van der Waals surface area contributed by atoms with Crippen LogP contribution in [-0.2, 0) is 9.59 Å². The van der Waals surface area contributed by atoms with E-state index >= 15 is 0 Å². The molecule has 1 unspecified atom stereocenters. The van der Waals surface area contributed by atoms with E-state index in [0.29, 0.717) is 0 Å². The zero-order valence-corrected chi connectivity index (χ0v) is 16.8. The fourth-order valence-electron chi connectivity index (χ4n) is 2.87. The number of amides is 2. The van der Waals surface area contributed by atoms with E-state index in [0.717, 1.165) is 17.7 Å². The number of nitrogens with one attached hydrogen (secondary N) is 2. The lowest BCUT2D eigenvalue weighted by atomic mass is 10.1. The number of rotatable bonds is 8. The highest BCUT2D eigenvalue weighted by atomic mass is 19.1. The predicted octanol–water partition coefficient (Wildman–Crippen LogP) is 2.88. The Morgan fingerprint density at radius 1 is 1.03 bits per heavy atom. The molecule has 10 heteroatoms. The van der Waals surface area contributed by atoms with Crippen molar-refractivity contribution >= 4 is 23.3 Å². The summed E-state index contributed by atoms with van der Waals surface area (Å²) in [7, 11) is 0. The highest BCUT2D eigenvalue weighted by Crippen LogP contribution is 2.29. The van der Waals surface area contributed by atoms with Gasteiger partial charge in [0.1, 0.15) is 18.0 Å². The molecular weight excluding hydrogens is 420 g/mol. The van der Waals surface area contributed by atoms with Gasteiger partial charge in [0.2, 0.25) is 11.8 Å². The fourth-order valence-corrected chi connectivity index (χ4v) is 2.87. The van der Waals surface area contributed by atoms with Gasteiger partial charge >= 0.3 is 0 Å². The van der Waals surface area contributed by atoms with E-state index in [4.69, 9.17) is 16.2 Å². The van der Waals surface area contributed by atoms with Crippen LogP contribution in [0.4, 0.5) is 20.3 Å². The predicted molar refractivity (Wildman–Crippen MR) is 115 cm³/mol. The second-order valence-electron chi connectivity index (χ2n) is 6.77. The summed E-state index contributed by atoms with van der Waals surface area (Å²) in [6.07, 6.45) is 0.754. The Balaban J connectivity index is 1.62. The van der Waals surface area contributed by atoms with Crippen LogP contribution in [0.5, 0.6) is 11.5 Å². The van der Waals surface area contributed by atoms with Crippen LogP contribution in [-0.4, -0.2) is 23.3 Å². The maximum atomic E-state index is 14.4. The summed E-state index contributed by atoms with van der Waals surface area (Å²) in [5.74, 6) is -3.39. The number of nitrogens with two attached hydrogens (primary N) is 2. The van der Waals surface area contributed by atoms with Crippen LogP contribution >= 0.6 is 0 Å². The minimum absolute atomic E-state index is 0.127. The highest BCUT2D eigenvalue weighted by Gasteiger charge is 2.18. The largest absolute Gasteiger partial charge is 0.454 e. The zero-order valence-electron chi connectivity index (χ0n) is 16.8. The Morgan fingerprint density at radius 3 is 2.47 bits per heavy atom. The number of carbonyl (C=O) groups excluding carboxylic acids is 2. The van der Waals surface area contributed by atoms with Crippen molar-refractivity contribution in [3.63, 3.8) is 0 Å². The average Bonchev–Trinajstić information content (AvgIpc) is 2.76. The van der Waals surface area contributed by atoms with Gasteiger partial charge in [-0.05, 0) is 11.6 Å². The number of nitrogens with zero attached hydrogens (tertiary/aromatic N) is 1. The van der Waals surface area contributed by atoms with Crippen molar-refractivity contribution in [2.45, 2.75) is 12.5 Å². The first-order chi connectivity index (χ1) is 15.4. The number of pyridine rings is 1. The van der Waals surface area contributed by atoms with Crippen molar-refractivity contribution in [3.05, 3.63) is 78.0 Å². The molecular formula is C22H21F2N5O3. The Kier molecular flexibility index (Phi) is 7.29. The highest BCUT2D eigenvalue weighted by molar-refractivity contribution is 6.03. The number of aromatic nitrogens is 1. The van der Waals surface area contributed by atoms with Gasteiger partial charge in [0.05, 0.1) is 11.7 Å². The molecule has 8 nitrogen and oxygen atoms in total. The molecule has 0 saturated heterocycles. The van der Waals surface area contributed by atoms with E-state index in [-0.39, 0.29) is 18.1 Å². The lowest BCUT2D eigenvalue weighted by Crippen LogP contribution is -2.35. The van der Waals surface area contributed by atoms with E-state index < -0.39 is 47.3 Å². The van der Waals surface area contributed by atoms with E-state index in [9.17, 15) is 18.4 Å². The van der Waals surface area contributed by atoms with Crippen LogP contribution < -0.4 is 26.8 Å². The quantitative estimate of drug-likeness (QED) is 0.398. The summed E-state index contributed by atoms with van der Waals surface area (Å²) in [5.41, 5.74) is 11.6. The molecule has 2 aromatic carbocycles. The van der Waals surface area contributed by atoms with Crippen LogP contribution in [0.2, 0.25) is 0 Å². The average molecular weight is 441 g/mol. The lowest BCUT2D eigenvalue weighted by Gasteiger charge is -2.17. The molecule has 166 valence electrons. The molecule has 0 radical (unpaired) electrons. The molecule has 0 aliphatic rings. The Morgan fingerprint density at radius 2 is 1.78 bits per heavy atom. The maximum absolute atomic E-state index is 14.4. The molecule has 0 aliphatic carbocycles. The van der Waals surface area contributed by atoms with Crippen LogP contribution in [0.3, 0.4) is 0 Å². The summed E-state index contributed by atoms with van der Waals surface area (Å²) in [6.45, 7) is 0.127. The van der Waals surface area contributed by atoms with E-state index in [2.05, 4.69) is 15.6 Å². The van der Waals surface area contributed by atoms with Gasteiger partial charge in [-0.1, -0.05) is 30.3 Å². The van der Waals surface area contributed by atoms with Crippen LogP contribution in [0, 0.1) is 11.6 Å². The summed E-state index contributed by atoms with van der Waals surface area (Å²) in [5, 5.41) is 4.82. The molecule has 0 spiro atoms. The smallest absolute Gasteiger partial charge is 0.233 e. The molecule has 6 N–H and O–H groups in total. The van der Waals surface area contributed by atoms with Gasteiger partial charge in [0.25, 0.3) is 0 Å². The first-order valence-corrected chi connectivity index (χ1v) is 9.58. The SMILES string of the molecule is NCC(NC(=O)CC(=O)Nc1cc(F)c(Oc2ccnc(N)c2)cc1F)c1ccccc1. The number of halogens is 2. The van der Waals surface area contributed by atoms with Gasteiger partial charge in [-0.2, -0.15) is 0 Å². The van der Waals surface area contributed by atoms with Crippen molar-refractivity contribution in [3.8, 4) is 11.5 Å². The van der Waals surface area contributed by atoms with Crippen molar-refractivity contribution in [2.75, 3.05) is 17.6 Å².